The summed E-state index contributed by atoms with van der Waals surface area (Å²) in [7, 11) is 0. The number of nitrogen functional groups attached to an aromatic ring is 1. The predicted octanol–water partition coefficient (Wildman–Crippen LogP) is 3.90. The van der Waals surface area contributed by atoms with Crippen LogP contribution in [0.3, 0.4) is 0 Å². The van der Waals surface area contributed by atoms with Crippen molar-refractivity contribution < 1.29 is 4.79 Å². The quantitative estimate of drug-likeness (QED) is 0.825. The number of para-hydroxylation sites is 1. The molecular weight excluding hydrogens is 304 g/mol. The van der Waals surface area contributed by atoms with Crippen LogP contribution in [0.4, 0.5) is 11.4 Å². The van der Waals surface area contributed by atoms with Crippen LogP contribution in [0, 0.1) is 13.8 Å². The lowest BCUT2D eigenvalue weighted by Gasteiger charge is -2.12. The zero-order chi connectivity index (χ0) is 14.0. The largest absolute Gasteiger partial charge is 0.398 e. The normalized spacial score (nSPS) is 10.3. The van der Waals surface area contributed by atoms with Gasteiger partial charge in [-0.3, -0.25) is 4.79 Å². The molecule has 0 bridgehead atoms. The maximum atomic E-state index is 12.2. The van der Waals surface area contributed by atoms with Gasteiger partial charge in [-0.1, -0.05) is 18.2 Å². The Morgan fingerprint density at radius 2 is 1.79 bits per heavy atom. The van der Waals surface area contributed by atoms with Gasteiger partial charge in [0.15, 0.2) is 0 Å². The molecule has 0 atom stereocenters. The summed E-state index contributed by atoms with van der Waals surface area (Å²) in [5.74, 6) is -0.156. The van der Waals surface area contributed by atoms with Crippen LogP contribution in [-0.2, 0) is 0 Å². The molecule has 2 aromatic carbocycles. The minimum atomic E-state index is -0.156. The number of halogens is 1. The summed E-state index contributed by atoms with van der Waals surface area (Å²) in [4.78, 5) is 12.2. The summed E-state index contributed by atoms with van der Waals surface area (Å²) in [5, 5.41) is 2.93. The molecule has 0 aliphatic heterocycles. The van der Waals surface area contributed by atoms with Crippen LogP contribution in [0.1, 0.15) is 21.5 Å². The van der Waals surface area contributed by atoms with E-state index < -0.39 is 0 Å². The molecule has 4 heteroatoms. The summed E-state index contributed by atoms with van der Waals surface area (Å²) in [6.45, 7) is 3.94. The predicted molar refractivity (Wildman–Crippen MR) is 82.4 cm³/mol. The van der Waals surface area contributed by atoms with Crippen molar-refractivity contribution in [3.8, 4) is 0 Å². The lowest BCUT2D eigenvalue weighted by Crippen LogP contribution is -2.14. The number of rotatable bonds is 2. The molecule has 0 heterocycles. The fraction of sp³-hybridized carbons (Fsp3) is 0.133. The van der Waals surface area contributed by atoms with E-state index in [1.807, 2.05) is 32.0 Å². The van der Waals surface area contributed by atoms with Gasteiger partial charge in [-0.15, -0.1) is 0 Å². The zero-order valence-electron chi connectivity index (χ0n) is 10.8. The molecule has 2 rings (SSSR count). The van der Waals surface area contributed by atoms with E-state index in [0.29, 0.717) is 11.3 Å². The van der Waals surface area contributed by atoms with E-state index in [0.717, 1.165) is 21.3 Å². The van der Waals surface area contributed by atoms with Crippen molar-refractivity contribution in [1.82, 2.24) is 0 Å². The van der Waals surface area contributed by atoms with E-state index in [9.17, 15) is 4.79 Å². The maximum Gasteiger partial charge on any atom is 0.255 e. The van der Waals surface area contributed by atoms with Crippen molar-refractivity contribution in [3.63, 3.8) is 0 Å². The van der Waals surface area contributed by atoms with Crippen LogP contribution >= 0.6 is 15.9 Å². The second kappa shape index (κ2) is 5.45. The van der Waals surface area contributed by atoms with Crippen LogP contribution in [0.15, 0.2) is 40.9 Å². The number of benzene rings is 2. The number of amides is 1. The Hall–Kier alpha value is -1.81. The lowest BCUT2D eigenvalue weighted by molar-refractivity contribution is 0.102. The van der Waals surface area contributed by atoms with Crippen LogP contribution in [-0.4, -0.2) is 5.91 Å². The average Bonchev–Trinajstić information content (AvgIpc) is 2.37. The minimum absolute atomic E-state index is 0.156. The van der Waals surface area contributed by atoms with Crippen molar-refractivity contribution in [1.29, 1.82) is 0 Å². The van der Waals surface area contributed by atoms with Crippen molar-refractivity contribution in [2.45, 2.75) is 13.8 Å². The monoisotopic (exact) mass is 318 g/mol. The molecule has 0 unspecified atom stereocenters. The van der Waals surface area contributed by atoms with E-state index >= 15 is 0 Å². The highest BCUT2D eigenvalue weighted by Crippen LogP contribution is 2.23. The molecule has 19 heavy (non-hydrogen) atoms. The molecule has 0 aliphatic carbocycles. The third-order valence-electron chi connectivity index (χ3n) is 2.98. The summed E-state index contributed by atoms with van der Waals surface area (Å²) in [6, 6.07) is 11.1. The third kappa shape index (κ3) is 2.96. The van der Waals surface area contributed by atoms with Gasteiger partial charge in [0.2, 0.25) is 0 Å². The van der Waals surface area contributed by atoms with Crippen molar-refractivity contribution in [2.75, 3.05) is 11.1 Å². The first-order chi connectivity index (χ1) is 8.99. The van der Waals surface area contributed by atoms with E-state index in [1.165, 1.54) is 0 Å². The number of nitrogens with two attached hydrogens (primary N) is 1. The Labute approximate surface area is 121 Å². The van der Waals surface area contributed by atoms with Crippen molar-refractivity contribution in [2.24, 2.45) is 0 Å². The molecule has 3 N–H and O–H groups in total. The molecule has 0 aliphatic rings. The van der Waals surface area contributed by atoms with Gasteiger partial charge in [-0.2, -0.15) is 0 Å². The Morgan fingerprint density at radius 3 is 2.37 bits per heavy atom. The summed E-state index contributed by atoms with van der Waals surface area (Å²) >= 11 is 3.31. The molecule has 0 saturated carbocycles. The van der Waals surface area contributed by atoms with E-state index in [2.05, 4.69) is 21.2 Å². The smallest absolute Gasteiger partial charge is 0.255 e. The Morgan fingerprint density at radius 1 is 1.16 bits per heavy atom. The highest BCUT2D eigenvalue weighted by Gasteiger charge is 2.10. The second-order valence-electron chi connectivity index (χ2n) is 4.46. The standard InChI is InChI=1S/C15H15BrN2O/c1-9-4-3-5-10(2)14(9)18-15(19)11-6-7-12(16)13(17)8-11/h3-8H,17H2,1-2H3,(H,18,19). The number of carbonyl (C=O) groups is 1. The van der Waals surface area contributed by atoms with E-state index in [1.54, 1.807) is 18.2 Å². The fourth-order valence-electron chi connectivity index (χ4n) is 1.88. The first-order valence-electron chi connectivity index (χ1n) is 5.91. The molecule has 0 fully saturated rings. The average molecular weight is 319 g/mol. The second-order valence-corrected chi connectivity index (χ2v) is 5.31. The first kappa shape index (κ1) is 13.6. The van der Waals surface area contributed by atoms with Crippen LogP contribution in [0.5, 0.6) is 0 Å². The van der Waals surface area contributed by atoms with Gasteiger partial charge >= 0.3 is 0 Å². The number of nitrogens with one attached hydrogen (secondary N) is 1. The summed E-state index contributed by atoms with van der Waals surface area (Å²) < 4.78 is 0.788. The maximum absolute atomic E-state index is 12.2. The van der Waals surface area contributed by atoms with Crippen molar-refractivity contribution in [3.05, 3.63) is 57.6 Å². The van der Waals surface area contributed by atoms with Gasteiger partial charge in [-0.05, 0) is 59.1 Å². The van der Waals surface area contributed by atoms with Crippen LogP contribution < -0.4 is 11.1 Å². The molecule has 0 radical (unpaired) electrons. The highest BCUT2D eigenvalue weighted by atomic mass is 79.9. The Kier molecular flexibility index (Phi) is 3.90. The van der Waals surface area contributed by atoms with Crippen LogP contribution in [0.25, 0.3) is 0 Å². The summed E-state index contributed by atoms with van der Waals surface area (Å²) in [5.41, 5.74) is 9.82. The first-order valence-corrected chi connectivity index (χ1v) is 6.71. The van der Waals surface area contributed by atoms with Gasteiger partial charge in [0.05, 0.1) is 0 Å². The minimum Gasteiger partial charge on any atom is -0.398 e. The molecule has 0 saturated heterocycles. The fourth-order valence-corrected chi connectivity index (χ4v) is 2.13. The number of aryl methyl sites for hydroxylation is 2. The molecule has 3 nitrogen and oxygen atoms in total. The van der Waals surface area contributed by atoms with Gasteiger partial charge < -0.3 is 11.1 Å². The SMILES string of the molecule is Cc1cccc(C)c1NC(=O)c1ccc(Br)c(N)c1. The molecule has 98 valence electrons. The third-order valence-corrected chi connectivity index (χ3v) is 3.70. The molecule has 1 amide bonds. The number of hydrogen-bond acceptors (Lipinski definition) is 2. The topological polar surface area (TPSA) is 55.1 Å². The Balaban J connectivity index is 2.28. The molecule has 0 aromatic heterocycles. The highest BCUT2D eigenvalue weighted by molar-refractivity contribution is 9.10. The van der Waals surface area contributed by atoms with Crippen molar-refractivity contribution >= 4 is 33.2 Å². The van der Waals surface area contributed by atoms with Gasteiger partial charge in [0, 0.05) is 21.4 Å². The van der Waals surface area contributed by atoms with E-state index in [-0.39, 0.29) is 5.91 Å². The molecule has 2 aromatic rings. The van der Waals surface area contributed by atoms with Gasteiger partial charge in [-0.25, -0.2) is 0 Å². The Bertz CT molecular complexity index is 618. The zero-order valence-corrected chi connectivity index (χ0v) is 12.4. The molecular formula is C15H15BrN2O. The number of hydrogen-bond donors (Lipinski definition) is 2. The van der Waals surface area contributed by atoms with Gasteiger partial charge in [0.1, 0.15) is 0 Å². The number of carbonyl (C=O) groups excluding carboxylic acids is 1. The summed E-state index contributed by atoms with van der Waals surface area (Å²) in [6.07, 6.45) is 0. The molecule has 0 spiro atoms. The van der Waals surface area contributed by atoms with E-state index in [4.69, 9.17) is 5.73 Å². The lowest BCUT2D eigenvalue weighted by atomic mass is 10.1. The van der Waals surface area contributed by atoms with Gasteiger partial charge in [0.25, 0.3) is 5.91 Å². The number of anilines is 2. The van der Waals surface area contributed by atoms with Crippen LogP contribution in [0.2, 0.25) is 0 Å².